The molecule has 1 aromatic heterocycles. The number of hydrogen-bond donors (Lipinski definition) is 1. The fourth-order valence-electron chi connectivity index (χ4n) is 2.96. The molecule has 1 N–H and O–H groups in total. The van der Waals surface area contributed by atoms with E-state index in [9.17, 15) is 18.0 Å². The van der Waals surface area contributed by atoms with Crippen molar-refractivity contribution in [2.45, 2.75) is 12.6 Å². The molecule has 1 aliphatic heterocycles. The molecule has 0 radical (unpaired) electrons. The molecule has 2 heterocycles. The van der Waals surface area contributed by atoms with Gasteiger partial charge in [-0.05, 0) is 36.2 Å². The lowest BCUT2D eigenvalue weighted by molar-refractivity contribution is -0.137. The largest absolute Gasteiger partial charge is 0.465 e. The van der Waals surface area contributed by atoms with Gasteiger partial charge in [0.05, 0.1) is 5.56 Å². The Morgan fingerprint density at radius 1 is 1.04 bits per heavy atom. The van der Waals surface area contributed by atoms with Crippen molar-refractivity contribution in [1.29, 1.82) is 0 Å². The normalized spacial score (nSPS) is 15.7. The van der Waals surface area contributed by atoms with E-state index in [1.54, 1.807) is 24.4 Å². The summed E-state index contributed by atoms with van der Waals surface area (Å²) in [6.45, 7) is 2.09. The lowest BCUT2D eigenvalue weighted by atomic mass is 10.0. The van der Waals surface area contributed by atoms with Crippen LogP contribution in [0.25, 0.3) is 11.1 Å². The van der Waals surface area contributed by atoms with E-state index in [1.807, 2.05) is 4.90 Å². The number of rotatable bonds is 2. The summed E-state index contributed by atoms with van der Waals surface area (Å²) in [4.78, 5) is 18.8. The van der Waals surface area contributed by atoms with Crippen molar-refractivity contribution in [2.75, 3.05) is 31.1 Å². The van der Waals surface area contributed by atoms with Crippen LogP contribution in [0.15, 0.2) is 42.6 Å². The Morgan fingerprint density at radius 3 is 2.50 bits per heavy atom. The maximum Gasteiger partial charge on any atom is 0.416 e. The van der Waals surface area contributed by atoms with Gasteiger partial charge in [0.2, 0.25) is 0 Å². The van der Waals surface area contributed by atoms with Gasteiger partial charge in [0.15, 0.2) is 0 Å². The minimum Gasteiger partial charge on any atom is -0.465 e. The molecule has 5 nitrogen and oxygen atoms in total. The molecular weight excluding hydrogens is 347 g/mol. The standard InChI is InChI=1S/C18H18F3N3O2/c19-18(20,21)15-4-1-3-13(11-15)14-5-6-16(22-12-14)23-7-2-8-24(10-9-23)17(25)26/h1,3-6,11-12H,2,7-10H2,(H,25,26). The Bertz CT molecular complexity index is 778. The molecule has 1 aliphatic rings. The van der Waals surface area contributed by atoms with Gasteiger partial charge in [-0.3, -0.25) is 0 Å². The number of anilines is 1. The number of halogens is 3. The summed E-state index contributed by atoms with van der Waals surface area (Å²) >= 11 is 0. The molecule has 0 atom stereocenters. The van der Waals surface area contributed by atoms with E-state index in [0.717, 1.165) is 12.1 Å². The Labute approximate surface area is 148 Å². The molecule has 26 heavy (non-hydrogen) atoms. The Morgan fingerprint density at radius 2 is 1.85 bits per heavy atom. The first-order valence-electron chi connectivity index (χ1n) is 8.21. The van der Waals surface area contributed by atoms with Crippen molar-refractivity contribution in [3.05, 3.63) is 48.2 Å². The fourth-order valence-corrected chi connectivity index (χ4v) is 2.96. The van der Waals surface area contributed by atoms with Crippen molar-refractivity contribution in [1.82, 2.24) is 9.88 Å². The Balaban J connectivity index is 1.76. The van der Waals surface area contributed by atoms with Crippen LogP contribution in [-0.2, 0) is 6.18 Å². The van der Waals surface area contributed by atoms with Gasteiger partial charge >= 0.3 is 12.3 Å². The summed E-state index contributed by atoms with van der Waals surface area (Å²) in [5.74, 6) is 0.688. The van der Waals surface area contributed by atoms with Crippen molar-refractivity contribution < 1.29 is 23.1 Å². The first-order chi connectivity index (χ1) is 12.3. The van der Waals surface area contributed by atoms with Crippen LogP contribution in [0.1, 0.15) is 12.0 Å². The highest BCUT2D eigenvalue weighted by Gasteiger charge is 2.30. The molecule has 0 unspecified atom stereocenters. The van der Waals surface area contributed by atoms with Crippen molar-refractivity contribution in [3.8, 4) is 11.1 Å². The maximum absolute atomic E-state index is 12.8. The minimum atomic E-state index is -4.38. The molecule has 1 amide bonds. The van der Waals surface area contributed by atoms with Gasteiger partial charge in [-0.1, -0.05) is 12.1 Å². The second-order valence-corrected chi connectivity index (χ2v) is 6.09. The highest BCUT2D eigenvalue weighted by molar-refractivity contribution is 5.66. The van der Waals surface area contributed by atoms with E-state index >= 15 is 0 Å². The SMILES string of the molecule is O=C(O)N1CCCN(c2ccc(-c3cccc(C(F)(F)F)c3)cn2)CC1. The van der Waals surface area contributed by atoms with Crippen molar-refractivity contribution >= 4 is 11.9 Å². The van der Waals surface area contributed by atoms with Gasteiger partial charge in [0.1, 0.15) is 5.82 Å². The third kappa shape index (κ3) is 4.07. The first-order valence-corrected chi connectivity index (χ1v) is 8.21. The average molecular weight is 365 g/mol. The van der Waals surface area contributed by atoms with Crippen LogP contribution in [0, 0.1) is 0 Å². The third-order valence-electron chi connectivity index (χ3n) is 4.36. The number of amides is 1. The quantitative estimate of drug-likeness (QED) is 0.875. The van der Waals surface area contributed by atoms with E-state index in [4.69, 9.17) is 5.11 Å². The molecule has 2 aromatic rings. The smallest absolute Gasteiger partial charge is 0.416 e. The van der Waals surface area contributed by atoms with Crippen LogP contribution in [0.5, 0.6) is 0 Å². The second-order valence-electron chi connectivity index (χ2n) is 6.09. The molecule has 3 rings (SSSR count). The Kier molecular flexibility index (Phi) is 5.01. The molecular formula is C18H18F3N3O2. The maximum atomic E-state index is 12.8. The second kappa shape index (κ2) is 7.23. The summed E-state index contributed by atoms with van der Waals surface area (Å²) in [6.07, 6.45) is -3.07. The van der Waals surface area contributed by atoms with Crippen molar-refractivity contribution in [3.63, 3.8) is 0 Å². The third-order valence-corrected chi connectivity index (χ3v) is 4.36. The predicted molar refractivity (Wildman–Crippen MR) is 91.1 cm³/mol. The lowest BCUT2D eigenvalue weighted by Gasteiger charge is -2.22. The van der Waals surface area contributed by atoms with E-state index < -0.39 is 17.8 Å². The summed E-state index contributed by atoms with van der Waals surface area (Å²) in [6, 6.07) is 8.62. The van der Waals surface area contributed by atoms with Gasteiger partial charge in [0.25, 0.3) is 0 Å². The van der Waals surface area contributed by atoms with Gasteiger partial charge in [-0.2, -0.15) is 13.2 Å². The lowest BCUT2D eigenvalue weighted by Crippen LogP contribution is -2.34. The number of pyridine rings is 1. The number of hydrogen-bond acceptors (Lipinski definition) is 3. The summed E-state index contributed by atoms with van der Waals surface area (Å²) in [5, 5.41) is 9.07. The fraction of sp³-hybridized carbons (Fsp3) is 0.333. The van der Waals surface area contributed by atoms with Crippen LogP contribution in [0.4, 0.5) is 23.8 Å². The van der Waals surface area contributed by atoms with Gasteiger partial charge in [-0.25, -0.2) is 9.78 Å². The van der Waals surface area contributed by atoms with Crippen LogP contribution >= 0.6 is 0 Å². The predicted octanol–water partition coefficient (Wildman–Crippen LogP) is 3.96. The molecule has 1 saturated heterocycles. The van der Waals surface area contributed by atoms with E-state index in [0.29, 0.717) is 49.5 Å². The molecule has 0 spiro atoms. The number of nitrogens with zero attached hydrogens (tertiary/aromatic N) is 3. The molecule has 1 aromatic carbocycles. The molecule has 0 saturated carbocycles. The minimum absolute atomic E-state index is 0.395. The number of benzene rings is 1. The van der Waals surface area contributed by atoms with E-state index in [1.165, 1.54) is 11.0 Å². The zero-order valence-electron chi connectivity index (χ0n) is 13.9. The summed E-state index contributed by atoms with van der Waals surface area (Å²) in [5.41, 5.74) is 0.356. The average Bonchev–Trinajstić information content (AvgIpc) is 2.88. The van der Waals surface area contributed by atoms with Crippen LogP contribution in [-0.4, -0.2) is 47.3 Å². The van der Waals surface area contributed by atoms with Gasteiger partial charge in [-0.15, -0.1) is 0 Å². The van der Waals surface area contributed by atoms with Gasteiger partial charge in [0, 0.05) is 37.9 Å². The van der Waals surface area contributed by atoms with Gasteiger partial charge < -0.3 is 14.9 Å². The zero-order chi connectivity index (χ0) is 18.7. The molecule has 1 fully saturated rings. The summed E-state index contributed by atoms with van der Waals surface area (Å²) in [7, 11) is 0. The van der Waals surface area contributed by atoms with Crippen LogP contribution < -0.4 is 4.90 Å². The number of aromatic nitrogens is 1. The molecule has 0 bridgehead atoms. The zero-order valence-corrected chi connectivity index (χ0v) is 13.9. The van der Waals surface area contributed by atoms with E-state index in [2.05, 4.69) is 4.98 Å². The van der Waals surface area contributed by atoms with Crippen molar-refractivity contribution in [2.24, 2.45) is 0 Å². The van der Waals surface area contributed by atoms with Crippen LogP contribution in [0.2, 0.25) is 0 Å². The molecule has 0 aliphatic carbocycles. The number of carboxylic acid groups (broad SMARTS) is 1. The van der Waals surface area contributed by atoms with Crippen LogP contribution in [0.3, 0.4) is 0 Å². The monoisotopic (exact) mass is 365 g/mol. The van der Waals surface area contributed by atoms with E-state index in [-0.39, 0.29) is 0 Å². The number of carbonyl (C=O) groups is 1. The highest BCUT2D eigenvalue weighted by Crippen LogP contribution is 2.32. The molecule has 8 heteroatoms. The Hall–Kier alpha value is -2.77. The highest BCUT2D eigenvalue weighted by atomic mass is 19.4. The molecule has 138 valence electrons. The summed E-state index contributed by atoms with van der Waals surface area (Å²) < 4.78 is 38.5. The number of alkyl halides is 3. The first kappa shape index (κ1) is 18.0. The topological polar surface area (TPSA) is 56.7 Å².